The van der Waals surface area contributed by atoms with Crippen LogP contribution in [0.1, 0.15) is 6.92 Å². The van der Waals surface area contributed by atoms with E-state index in [2.05, 4.69) is 4.74 Å². The largest absolute Gasteiger partial charge is 0.453 e. The molecule has 0 spiro atoms. The van der Waals surface area contributed by atoms with Gasteiger partial charge in [0.25, 0.3) is 0 Å². The summed E-state index contributed by atoms with van der Waals surface area (Å²) in [7, 11) is 0.886. The van der Waals surface area contributed by atoms with Crippen LogP contribution >= 0.6 is 11.6 Å². The summed E-state index contributed by atoms with van der Waals surface area (Å²) in [5.74, 6) is -2.22. The number of carbonyl (C=O) groups is 2. The van der Waals surface area contributed by atoms with E-state index in [0.717, 1.165) is 7.11 Å². The number of ketones is 1. The van der Waals surface area contributed by atoms with Gasteiger partial charge in [-0.15, -0.1) is 11.6 Å². The van der Waals surface area contributed by atoms with Gasteiger partial charge in [0, 0.05) is 0 Å². The van der Waals surface area contributed by atoms with Crippen LogP contribution in [0.25, 0.3) is 0 Å². The molecule has 0 aliphatic rings. The predicted octanol–water partition coefficient (Wildman–Crippen LogP) is 1.47. The molecule has 0 rings (SSSR count). The molecular weight excluding hydrogens is 239 g/mol. The molecule has 15 heavy (non-hydrogen) atoms. The maximum absolute atomic E-state index is 12.5. The van der Waals surface area contributed by atoms with Gasteiger partial charge in [-0.2, -0.15) is 13.2 Å². The molecule has 0 saturated heterocycles. The zero-order valence-electron chi connectivity index (χ0n) is 7.94. The topological polar surface area (TPSA) is 55.4 Å². The summed E-state index contributed by atoms with van der Waals surface area (Å²) in [6, 6.07) is 0. The van der Waals surface area contributed by atoms with Crippen LogP contribution in [-0.4, -0.2) is 36.6 Å². The molecule has 1 atom stereocenters. The second kappa shape index (κ2) is 4.69. The Morgan fingerprint density at radius 2 is 1.87 bits per heavy atom. The average Bonchev–Trinajstić information content (AvgIpc) is 2.14. The molecule has 0 fully saturated rings. The molecule has 4 nitrogen and oxygen atoms in total. The summed E-state index contributed by atoms with van der Waals surface area (Å²) >= 11 is 5.03. The maximum atomic E-state index is 12.5. The van der Waals surface area contributed by atoms with Crippen molar-refractivity contribution in [3.63, 3.8) is 0 Å². The Labute approximate surface area is 88.7 Å². The number of hydrogen-bond donors (Lipinski definition) is 1. The summed E-state index contributed by atoms with van der Waals surface area (Å²) < 4.78 is 41.5. The van der Waals surface area contributed by atoms with Gasteiger partial charge < -0.3 is 10.1 Å². The number of halogens is 4. The standard InChI is InChI=1S/C7H9ClF3NO3/c1-6(4(13)3-8,7(9,10)11)12-5(14)15-2/h3H2,1-2H3,(H,12,14). The van der Waals surface area contributed by atoms with Crippen molar-refractivity contribution >= 4 is 23.5 Å². The molecule has 0 aliphatic carbocycles. The zero-order chi connectivity index (χ0) is 12.3. The molecular formula is C7H9ClF3NO3. The Morgan fingerprint density at radius 3 is 2.13 bits per heavy atom. The Kier molecular flexibility index (Phi) is 4.39. The number of alkyl carbamates (subject to hydrolysis) is 1. The van der Waals surface area contributed by atoms with E-state index in [4.69, 9.17) is 11.6 Å². The van der Waals surface area contributed by atoms with Crippen LogP contribution in [0, 0.1) is 0 Å². The minimum absolute atomic E-state index is 0.522. The van der Waals surface area contributed by atoms with Gasteiger partial charge in [0.05, 0.1) is 13.0 Å². The number of Topliss-reactive ketones (excluding diaryl/α,β-unsaturated/α-hetero) is 1. The fraction of sp³-hybridized carbons (Fsp3) is 0.714. The molecule has 0 heterocycles. The lowest BCUT2D eigenvalue weighted by atomic mass is 9.97. The van der Waals surface area contributed by atoms with Gasteiger partial charge in [-0.1, -0.05) is 0 Å². The van der Waals surface area contributed by atoms with E-state index >= 15 is 0 Å². The number of methoxy groups -OCH3 is 1. The highest BCUT2D eigenvalue weighted by Crippen LogP contribution is 2.31. The number of rotatable bonds is 3. The van der Waals surface area contributed by atoms with Crippen LogP contribution in [0.5, 0.6) is 0 Å². The smallest absolute Gasteiger partial charge is 0.418 e. The number of alkyl halides is 4. The van der Waals surface area contributed by atoms with Gasteiger partial charge in [0.1, 0.15) is 0 Å². The molecule has 88 valence electrons. The second-order valence-corrected chi connectivity index (χ2v) is 3.06. The van der Waals surface area contributed by atoms with Gasteiger partial charge in [-0.05, 0) is 6.92 Å². The lowest BCUT2D eigenvalue weighted by Gasteiger charge is -2.30. The number of amides is 1. The molecule has 0 aromatic heterocycles. The van der Waals surface area contributed by atoms with Crippen LogP contribution in [0.15, 0.2) is 0 Å². The van der Waals surface area contributed by atoms with Gasteiger partial charge in [-0.25, -0.2) is 4.79 Å². The Bertz CT molecular complexity index is 269. The summed E-state index contributed by atoms with van der Waals surface area (Å²) in [6.07, 6.45) is -6.29. The minimum Gasteiger partial charge on any atom is -0.453 e. The molecule has 0 radical (unpaired) electrons. The average molecular weight is 248 g/mol. The zero-order valence-corrected chi connectivity index (χ0v) is 8.70. The van der Waals surface area contributed by atoms with Crippen LogP contribution in [0.4, 0.5) is 18.0 Å². The van der Waals surface area contributed by atoms with Crippen molar-refractivity contribution in [3.05, 3.63) is 0 Å². The summed E-state index contributed by atoms with van der Waals surface area (Å²) in [4.78, 5) is 21.7. The van der Waals surface area contributed by atoms with E-state index in [9.17, 15) is 22.8 Å². The monoisotopic (exact) mass is 247 g/mol. The van der Waals surface area contributed by atoms with Crippen LogP contribution < -0.4 is 5.32 Å². The first-order valence-electron chi connectivity index (χ1n) is 3.71. The normalized spacial score (nSPS) is 15.3. The van der Waals surface area contributed by atoms with E-state index in [1.54, 1.807) is 0 Å². The highest BCUT2D eigenvalue weighted by molar-refractivity contribution is 6.29. The van der Waals surface area contributed by atoms with Crippen molar-refractivity contribution in [1.29, 1.82) is 0 Å². The predicted molar refractivity (Wildman–Crippen MR) is 45.7 cm³/mol. The Morgan fingerprint density at radius 1 is 1.40 bits per heavy atom. The fourth-order valence-electron chi connectivity index (χ4n) is 0.687. The van der Waals surface area contributed by atoms with Crippen LogP contribution in [0.3, 0.4) is 0 Å². The minimum atomic E-state index is -4.94. The van der Waals surface area contributed by atoms with E-state index in [0.29, 0.717) is 6.92 Å². The third kappa shape index (κ3) is 2.98. The summed E-state index contributed by atoms with van der Waals surface area (Å²) in [6.45, 7) is 0.522. The fourth-order valence-corrected chi connectivity index (χ4v) is 0.955. The van der Waals surface area contributed by atoms with Crippen molar-refractivity contribution < 1.29 is 27.5 Å². The first kappa shape index (κ1) is 14.0. The van der Waals surface area contributed by atoms with Crippen LogP contribution in [0.2, 0.25) is 0 Å². The number of ether oxygens (including phenoxy) is 1. The first-order chi connectivity index (χ1) is 6.69. The summed E-state index contributed by atoms with van der Waals surface area (Å²) in [5.41, 5.74) is -3.03. The summed E-state index contributed by atoms with van der Waals surface area (Å²) in [5, 5.41) is 1.41. The quantitative estimate of drug-likeness (QED) is 0.769. The molecule has 0 aromatic rings. The third-order valence-electron chi connectivity index (χ3n) is 1.78. The SMILES string of the molecule is COC(=O)NC(C)(C(=O)CCl)C(F)(F)F. The second-order valence-electron chi connectivity index (χ2n) is 2.80. The van der Waals surface area contributed by atoms with Crippen molar-refractivity contribution in [2.45, 2.75) is 18.6 Å². The molecule has 1 N–H and O–H groups in total. The molecule has 1 unspecified atom stereocenters. The van der Waals surface area contributed by atoms with Crippen molar-refractivity contribution in [2.75, 3.05) is 13.0 Å². The molecule has 0 aromatic carbocycles. The van der Waals surface area contributed by atoms with E-state index in [1.165, 1.54) is 5.32 Å². The van der Waals surface area contributed by atoms with Crippen molar-refractivity contribution in [1.82, 2.24) is 5.32 Å². The molecule has 0 bridgehead atoms. The molecule has 0 saturated carbocycles. The Balaban J connectivity index is 5.04. The molecule has 0 aliphatic heterocycles. The van der Waals surface area contributed by atoms with Gasteiger partial charge in [-0.3, -0.25) is 4.79 Å². The van der Waals surface area contributed by atoms with Gasteiger partial charge in [0.2, 0.25) is 0 Å². The maximum Gasteiger partial charge on any atom is 0.418 e. The first-order valence-corrected chi connectivity index (χ1v) is 4.24. The van der Waals surface area contributed by atoms with Crippen LogP contribution in [-0.2, 0) is 9.53 Å². The highest BCUT2D eigenvalue weighted by atomic mass is 35.5. The molecule has 8 heteroatoms. The number of hydrogen-bond acceptors (Lipinski definition) is 3. The van der Waals surface area contributed by atoms with Gasteiger partial charge in [0.15, 0.2) is 11.3 Å². The van der Waals surface area contributed by atoms with Crippen molar-refractivity contribution in [2.24, 2.45) is 0 Å². The lowest BCUT2D eigenvalue weighted by Crippen LogP contribution is -2.62. The van der Waals surface area contributed by atoms with E-state index in [-0.39, 0.29) is 0 Å². The number of nitrogens with one attached hydrogen (secondary N) is 1. The highest BCUT2D eigenvalue weighted by Gasteiger charge is 2.57. The third-order valence-corrected chi connectivity index (χ3v) is 2.03. The van der Waals surface area contributed by atoms with Gasteiger partial charge >= 0.3 is 12.3 Å². The lowest BCUT2D eigenvalue weighted by molar-refractivity contribution is -0.191. The molecule has 1 amide bonds. The Hall–Kier alpha value is -0.980. The van der Waals surface area contributed by atoms with E-state index in [1.807, 2.05) is 0 Å². The number of carbonyl (C=O) groups excluding carboxylic acids is 2. The van der Waals surface area contributed by atoms with E-state index < -0.39 is 29.5 Å². The van der Waals surface area contributed by atoms with Crippen molar-refractivity contribution in [3.8, 4) is 0 Å².